The molecule has 1 N–H and O–H groups in total. The minimum absolute atomic E-state index is 0.0621. The number of unbranched alkanes of at least 4 members (excludes halogenated alkanes) is 1. The van der Waals surface area contributed by atoms with Gasteiger partial charge in [0, 0.05) is 38.8 Å². The van der Waals surface area contributed by atoms with Gasteiger partial charge in [0.05, 0.1) is 0 Å². The van der Waals surface area contributed by atoms with Crippen LogP contribution in [-0.4, -0.2) is 61.5 Å². The van der Waals surface area contributed by atoms with E-state index in [9.17, 15) is 4.79 Å². The van der Waals surface area contributed by atoms with Gasteiger partial charge in [-0.1, -0.05) is 6.92 Å². The summed E-state index contributed by atoms with van der Waals surface area (Å²) in [6.07, 6.45) is 5.38. The number of carbonyl (C=O) groups is 1. The maximum Gasteiger partial charge on any atom is 0.244 e. The highest BCUT2D eigenvalue weighted by Gasteiger charge is 2.14. The van der Waals surface area contributed by atoms with Crippen LogP contribution in [0.25, 0.3) is 6.08 Å². The SMILES string of the molecule is CCN1CCN(CCCCNC(=O)C=Cc2ccc(I)o2)CC1. The first-order chi connectivity index (χ1) is 11.2. The minimum Gasteiger partial charge on any atom is -0.451 e. The third kappa shape index (κ3) is 7.05. The number of nitrogens with one attached hydrogen (secondary N) is 1. The van der Waals surface area contributed by atoms with Crippen molar-refractivity contribution < 1.29 is 9.21 Å². The molecule has 1 aliphatic rings. The molecule has 0 aromatic carbocycles. The van der Waals surface area contributed by atoms with Crippen LogP contribution in [0.3, 0.4) is 0 Å². The second-order valence-electron chi connectivity index (χ2n) is 5.75. The summed E-state index contributed by atoms with van der Waals surface area (Å²) in [6.45, 7) is 9.95. The molecule has 1 aliphatic heterocycles. The lowest BCUT2D eigenvalue weighted by Gasteiger charge is -2.33. The van der Waals surface area contributed by atoms with E-state index in [0.717, 1.165) is 36.2 Å². The van der Waals surface area contributed by atoms with E-state index < -0.39 is 0 Å². The van der Waals surface area contributed by atoms with Gasteiger partial charge in [0.2, 0.25) is 5.91 Å². The molecule has 128 valence electrons. The zero-order chi connectivity index (χ0) is 16.5. The Morgan fingerprint density at radius 2 is 2.00 bits per heavy atom. The van der Waals surface area contributed by atoms with E-state index >= 15 is 0 Å². The summed E-state index contributed by atoms with van der Waals surface area (Å²) in [4.78, 5) is 16.7. The fraction of sp³-hybridized carbons (Fsp3) is 0.588. The molecule has 1 fully saturated rings. The Hall–Kier alpha value is -0.860. The molecule has 5 nitrogen and oxygen atoms in total. The Bertz CT molecular complexity index is 508. The van der Waals surface area contributed by atoms with Crippen LogP contribution in [0.5, 0.6) is 0 Å². The summed E-state index contributed by atoms with van der Waals surface area (Å²) >= 11 is 2.10. The third-order valence-electron chi connectivity index (χ3n) is 4.11. The number of likely N-dealkylation sites (N-methyl/N-ethyl adjacent to an activating group) is 1. The van der Waals surface area contributed by atoms with E-state index in [1.807, 2.05) is 12.1 Å². The van der Waals surface area contributed by atoms with E-state index in [-0.39, 0.29) is 5.91 Å². The molecular weight excluding hydrogens is 405 g/mol. The highest BCUT2D eigenvalue weighted by atomic mass is 127. The Kier molecular flexibility index (Phi) is 8.11. The number of hydrogen-bond acceptors (Lipinski definition) is 4. The average molecular weight is 431 g/mol. The summed E-state index contributed by atoms with van der Waals surface area (Å²) in [5, 5.41) is 2.92. The Balaban J connectivity index is 1.52. The number of nitrogens with zero attached hydrogens (tertiary/aromatic N) is 2. The predicted octanol–water partition coefficient (Wildman–Crippen LogP) is 2.43. The van der Waals surface area contributed by atoms with E-state index in [1.54, 1.807) is 6.08 Å². The molecule has 0 saturated carbocycles. The molecule has 1 aromatic heterocycles. The summed E-state index contributed by atoms with van der Waals surface area (Å²) in [6, 6.07) is 3.72. The van der Waals surface area contributed by atoms with Crippen molar-refractivity contribution in [3.8, 4) is 0 Å². The van der Waals surface area contributed by atoms with Gasteiger partial charge in [-0.15, -0.1) is 0 Å². The van der Waals surface area contributed by atoms with Crippen LogP contribution < -0.4 is 5.32 Å². The number of halogens is 1. The van der Waals surface area contributed by atoms with Gasteiger partial charge < -0.3 is 19.5 Å². The van der Waals surface area contributed by atoms with Crippen molar-refractivity contribution in [1.82, 2.24) is 15.1 Å². The highest BCUT2D eigenvalue weighted by Crippen LogP contribution is 2.11. The van der Waals surface area contributed by atoms with Crippen LogP contribution in [0.4, 0.5) is 0 Å². The molecule has 0 bridgehead atoms. The van der Waals surface area contributed by atoms with Gasteiger partial charge in [-0.05, 0) is 66.7 Å². The second kappa shape index (κ2) is 10.1. The molecule has 0 atom stereocenters. The van der Waals surface area contributed by atoms with Gasteiger partial charge in [-0.25, -0.2) is 0 Å². The topological polar surface area (TPSA) is 48.7 Å². The Morgan fingerprint density at radius 3 is 2.65 bits per heavy atom. The van der Waals surface area contributed by atoms with Gasteiger partial charge in [0.15, 0.2) is 3.77 Å². The van der Waals surface area contributed by atoms with E-state index in [4.69, 9.17) is 4.42 Å². The molecule has 2 heterocycles. The normalized spacial score (nSPS) is 17.0. The zero-order valence-corrected chi connectivity index (χ0v) is 15.9. The first kappa shape index (κ1) is 18.5. The van der Waals surface area contributed by atoms with Gasteiger partial charge in [0.25, 0.3) is 0 Å². The molecule has 1 saturated heterocycles. The maximum absolute atomic E-state index is 11.7. The van der Waals surface area contributed by atoms with Crippen molar-refractivity contribution in [2.75, 3.05) is 45.8 Å². The maximum atomic E-state index is 11.7. The molecule has 0 radical (unpaired) electrons. The van der Waals surface area contributed by atoms with E-state index in [1.165, 1.54) is 32.3 Å². The molecule has 0 spiro atoms. The first-order valence-electron chi connectivity index (χ1n) is 8.33. The lowest BCUT2D eigenvalue weighted by molar-refractivity contribution is -0.116. The van der Waals surface area contributed by atoms with E-state index in [2.05, 4.69) is 44.6 Å². The van der Waals surface area contributed by atoms with E-state index in [0.29, 0.717) is 5.76 Å². The van der Waals surface area contributed by atoms with Gasteiger partial charge in [0.1, 0.15) is 5.76 Å². The van der Waals surface area contributed by atoms with Gasteiger partial charge >= 0.3 is 0 Å². The fourth-order valence-corrected chi connectivity index (χ4v) is 3.07. The lowest BCUT2D eigenvalue weighted by atomic mass is 10.2. The molecule has 1 aromatic rings. The monoisotopic (exact) mass is 431 g/mol. The van der Waals surface area contributed by atoms with Gasteiger partial charge in [-0.3, -0.25) is 4.79 Å². The first-order valence-corrected chi connectivity index (χ1v) is 9.41. The van der Waals surface area contributed by atoms with Crippen LogP contribution >= 0.6 is 22.6 Å². The number of carbonyl (C=O) groups excluding carboxylic acids is 1. The standard InChI is InChI=1S/C17H26IN3O2/c1-2-20-11-13-21(14-12-20)10-4-3-9-19-17(22)8-6-15-5-7-16(18)23-15/h5-8H,2-4,9-14H2,1H3,(H,19,22). The zero-order valence-electron chi connectivity index (χ0n) is 13.8. The third-order valence-corrected chi connectivity index (χ3v) is 4.69. The smallest absolute Gasteiger partial charge is 0.244 e. The molecule has 1 amide bonds. The number of hydrogen-bond donors (Lipinski definition) is 1. The van der Waals surface area contributed by atoms with Crippen LogP contribution in [0.15, 0.2) is 22.6 Å². The largest absolute Gasteiger partial charge is 0.451 e. The van der Waals surface area contributed by atoms with Crippen molar-refractivity contribution in [3.05, 3.63) is 27.7 Å². The highest BCUT2D eigenvalue weighted by molar-refractivity contribution is 14.1. The summed E-state index contributed by atoms with van der Waals surface area (Å²) < 4.78 is 6.19. The Morgan fingerprint density at radius 1 is 1.26 bits per heavy atom. The number of rotatable bonds is 8. The van der Waals surface area contributed by atoms with Crippen LogP contribution in [0.1, 0.15) is 25.5 Å². The molecule has 6 heteroatoms. The Labute approximate surface area is 152 Å². The number of piperazine rings is 1. The second-order valence-corrected chi connectivity index (χ2v) is 6.81. The average Bonchev–Trinajstić information content (AvgIpc) is 2.98. The molecular formula is C17H26IN3O2. The minimum atomic E-state index is -0.0621. The van der Waals surface area contributed by atoms with Crippen molar-refractivity contribution in [2.45, 2.75) is 19.8 Å². The molecule has 23 heavy (non-hydrogen) atoms. The summed E-state index contributed by atoms with van der Waals surface area (Å²) in [7, 11) is 0. The summed E-state index contributed by atoms with van der Waals surface area (Å²) in [5.41, 5.74) is 0. The molecule has 2 rings (SSSR count). The summed E-state index contributed by atoms with van der Waals surface area (Å²) in [5.74, 6) is 0.642. The number of furan rings is 1. The van der Waals surface area contributed by atoms with Crippen molar-refractivity contribution in [3.63, 3.8) is 0 Å². The predicted molar refractivity (Wildman–Crippen MR) is 101 cm³/mol. The molecule has 0 aliphatic carbocycles. The lowest BCUT2D eigenvalue weighted by Crippen LogP contribution is -2.46. The van der Waals surface area contributed by atoms with Gasteiger partial charge in [-0.2, -0.15) is 0 Å². The van der Waals surface area contributed by atoms with Crippen molar-refractivity contribution >= 4 is 34.6 Å². The quantitative estimate of drug-likeness (QED) is 0.390. The molecule has 0 unspecified atom stereocenters. The van der Waals surface area contributed by atoms with Crippen molar-refractivity contribution in [2.24, 2.45) is 0 Å². The van der Waals surface area contributed by atoms with Crippen LogP contribution in [0, 0.1) is 3.77 Å². The fourth-order valence-electron chi connectivity index (χ4n) is 2.64. The van der Waals surface area contributed by atoms with Crippen LogP contribution in [-0.2, 0) is 4.79 Å². The van der Waals surface area contributed by atoms with Crippen LogP contribution in [0.2, 0.25) is 0 Å². The van der Waals surface area contributed by atoms with Crippen molar-refractivity contribution in [1.29, 1.82) is 0 Å². The number of amides is 1.